The van der Waals surface area contributed by atoms with Crippen molar-refractivity contribution >= 4 is 11.4 Å². The van der Waals surface area contributed by atoms with E-state index in [1.165, 1.54) is 11.1 Å². The molecule has 0 heterocycles. The topological polar surface area (TPSA) is 76.8 Å². The van der Waals surface area contributed by atoms with Crippen molar-refractivity contribution in [1.82, 2.24) is 0 Å². The lowest BCUT2D eigenvalue weighted by Crippen LogP contribution is -2.02. The van der Waals surface area contributed by atoms with Gasteiger partial charge in [-0.1, -0.05) is 24.3 Å². The maximum Gasteiger partial charge on any atom is 0.0888 e. The van der Waals surface area contributed by atoms with E-state index in [2.05, 4.69) is 46.6 Å². The number of hydrogen-bond donors (Lipinski definition) is 2. The van der Waals surface area contributed by atoms with Crippen LogP contribution in [0.15, 0.2) is 46.6 Å². The quantitative estimate of drug-likeness (QED) is 0.797. The second-order valence-electron chi connectivity index (χ2n) is 5.52. The SMILES string of the molecule is Cc1ccc(CCN)cc1N=Nc1cc(CCN)ccc1C. The molecule has 0 aliphatic carbocycles. The summed E-state index contributed by atoms with van der Waals surface area (Å²) in [5.74, 6) is 0. The molecule has 2 aromatic carbocycles. The van der Waals surface area contributed by atoms with Crippen LogP contribution >= 0.6 is 0 Å². The van der Waals surface area contributed by atoms with Crippen LogP contribution in [0.3, 0.4) is 0 Å². The Morgan fingerprint density at radius 3 is 1.50 bits per heavy atom. The van der Waals surface area contributed by atoms with Crippen LogP contribution in [0.4, 0.5) is 11.4 Å². The van der Waals surface area contributed by atoms with Gasteiger partial charge in [-0.05, 0) is 74.2 Å². The van der Waals surface area contributed by atoms with E-state index >= 15 is 0 Å². The van der Waals surface area contributed by atoms with Crippen LogP contribution in [0.5, 0.6) is 0 Å². The lowest BCUT2D eigenvalue weighted by molar-refractivity contribution is 0.964. The summed E-state index contributed by atoms with van der Waals surface area (Å²) in [7, 11) is 0. The third kappa shape index (κ3) is 4.23. The molecule has 4 nitrogen and oxygen atoms in total. The Kier molecular flexibility index (Phi) is 5.81. The fourth-order valence-corrected chi connectivity index (χ4v) is 2.28. The fraction of sp³-hybridized carbons (Fsp3) is 0.333. The first-order valence-corrected chi connectivity index (χ1v) is 7.65. The Hall–Kier alpha value is -2.04. The average Bonchev–Trinajstić information content (AvgIpc) is 2.51. The molecule has 0 radical (unpaired) electrons. The van der Waals surface area contributed by atoms with Crippen LogP contribution in [0.1, 0.15) is 22.3 Å². The summed E-state index contributed by atoms with van der Waals surface area (Å²) in [5, 5.41) is 8.87. The zero-order valence-corrected chi connectivity index (χ0v) is 13.3. The molecule has 0 saturated heterocycles. The van der Waals surface area contributed by atoms with Crippen LogP contribution in [0.25, 0.3) is 0 Å². The first-order valence-electron chi connectivity index (χ1n) is 7.65. The molecule has 2 aromatic rings. The van der Waals surface area contributed by atoms with E-state index in [1.54, 1.807) is 0 Å². The molecule has 0 fully saturated rings. The van der Waals surface area contributed by atoms with Crippen molar-refractivity contribution in [3.8, 4) is 0 Å². The second-order valence-corrected chi connectivity index (χ2v) is 5.52. The number of nitrogens with two attached hydrogens (primary N) is 2. The largest absolute Gasteiger partial charge is 0.330 e. The van der Waals surface area contributed by atoms with Crippen molar-refractivity contribution in [3.05, 3.63) is 58.7 Å². The first-order chi connectivity index (χ1) is 10.6. The fourth-order valence-electron chi connectivity index (χ4n) is 2.28. The van der Waals surface area contributed by atoms with Gasteiger partial charge in [0, 0.05) is 0 Å². The van der Waals surface area contributed by atoms with Gasteiger partial charge in [-0.2, -0.15) is 10.2 Å². The van der Waals surface area contributed by atoms with E-state index in [1.807, 2.05) is 13.8 Å². The first kappa shape index (κ1) is 16.3. The molecule has 0 saturated carbocycles. The van der Waals surface area contributed by atoms with E-state index in [0.717, 1.165) is 35.3 Å². The predicted molar refractivity (Wildman–Crippen MR) is 92.1 cm³/mol. The Labute approximate surface area is 132 Å². The molecule has 116 valence electrons. The summed E-state index contributed by atoms with van der Waals surface area (Å²) in [4.78, 5) is 0. The molecule has 4 heteroatoms. The number of rotatable bonds is 6. The number of hydrogen-bond acceptors (Lipinski definition) is 4. The zero-order valence-electron chi connectivity index (χ0n) is 13.3. The number of nitrogens with zero attached hydrogens (tertiary/aromatic N) is 2. The van der Waals surface area contributed by atoms with Crippen molar-refractivity contribution < 1.29 is 0 Å². The second kappa shape index (κ2) is 7.82. The third-order valence-electron chi connectivity index (χ3n) is 3.68. The van der Waals surface area contributed by atoms with E-state index in [4.69, 9.17) is 11.5 Å². The van der Waals surface area contributed by atoms with Gasteiger partial charge in [-0.3, -0.25) is 0 Å². The molecule has 2 rings (SSSR count). The van der Waals surface area contributed by atoms with Crippen molar-refractivity contribution in [2.45, 2.75) is 26.7 Å². The van der Waals surface area contributed by atoms with Crippen LogP contribution in [-0.4, -0.2) is 13.1 Å². The molecule has 4 N–H and O–H groups in total. The van der Waals surface area contributed by atoms with Gasteiger partial charge in [0.15, 0.2) is 0 Å². The summed E-state index contributed by atoms with van der Waals surface area (Å²) in [6.07, 6.45) is 1.71. The normalized spacial score (nSPS) is 11.3. The monoisotopic (exact) mass is 296 g/mol. The van der Waals surface area contributed by atoms with Crippen molar-refractivity contribution in [3.63, 3.8) is 0 Å². The third-order valence-corrected chi connectivity index (χ3v) is 3.68. The minimum atomic E-state index is 0.639. The van der Waals surface area contributed by atoms with Gasteiger partial charge in [0.05, 0.1) is 11.4 Å². The number of aryl methyl sites for hydroxylation is 2. The molecule has 0 aliphatic heterocycles. The molecule has 0 spiro atoms. The minimum Gasteiger partial charge on any atom is -0.330 e. The predicted octanol–water partition coefficient (Wildman–Crippen LogP) is 3.72. The van der Waals surface area contributed by atoms with Gasteiger partial charge in [-0.15, -0.1) is 0 Å². The van der Waals surface area contributed by atoms with Crippen LogP contribution in [0.2, 0.25) is 0 Å². The molecule has 0 atom stereocenters. The number of azo groups is 1. The summed E-state index contributed by atoms with van der Waals surface area (Å²) < 4.78 is 0. The zero-order chi connectivity index (χ0) is 15.9. The van der Waals surface area contributed by atoms with Gasteiger partial charge in [0.1, 0.15) is 0 Å². The van der Waals surface area contributed by atoms with Gasteiger partial charge in [0.2, 0.25) is 0 Å². The molecule has 0 aromatic heterocycles. The van der Waals surface area contributed by atoms with Crippen LogP contribution < -0.4 is 11.5 Å². The number of benzene rings is 2. The maximum absolute atomic E-state index is 5.61. The standard InChI is InChI=1S/C18H24N4/c1-13-3-5-15(7-9-19)11-17(13)21-22-18-12-16(8-10-20)6-4-14(18)2/h3-6,11-12H,7-10,19-20H2,1-2H3. The average molecular weight is 296 g/mol. The van der Waals surface area contributed by atoms with Crippen molar-refractivity contribution in [1.29, 1.82) is 0 Å². The highest BCUT2D eigenvalue weighted by Crippen LogP contribution is 2.26. The molecule has 22 heavy (non-hydrogen) atoms. The Morgan fingerprint density at radius 2 is 1.14 bits per heavy atom. The lowest BCUT2D eigenvalue weighted by atomic mass is 10.1. The molecule has 0 unspecified atom stereocenters. The summed E-state index contributed by atoms with van der Waals surface area (Å²) in [5.41, 5.74) is 17.6. The summed E-state index contributed by atoms with van der Waals surface area (Å²) >= 11 is 0. The molecule has 0 aliphatic rings. The lowest BCUT2D eigenvalue weighted by Gasteiger charge is -2.05. The molecule has 0 amide bonds. The smallest absolute Gasteiger partial charge is 0.0888 e. The van der Waals surface area contributed by atoms with Crippen LogP contribution in [0, 0.1) is 13.8 Å². The van der Waals surface area contributed by atoms with Crippen LogP contribution in [-0.2, 0) is 12.8 Å². The van der Waals surface area contributed by atoms with Gasteiger partial charge < -0.3 is 11.5 Å². The van der Waals surface area contributed by atoms with Crippen molar-refractivity contribution in [2.75, 3.05) is 13.1 Å². The summed E-state index contributed by atoms with van der Waals surface area (Å²) in [6, 6.07) is 12.4. The van der Waals surface area contributed by atoms with E-state index in [-0.39, 0.29) is 0 Å². The molecular formula is C18H24N4. The summed E-state index contributed by atoms with van der Waals surface area (Å²) in [6.45, 7) is 5.36. The van der Waals surface area contributed by atoms with E-state index in [0.29, 0.717) is 13.1 Å². The van der Waals surface area contributed by atoms with Crippen molar-refractivity contribution in [2.24, 2.45) is 21.7 Å². The van der Waals surface area contributed by atoms with E-state index in [9.17, 15) is 0 Å². The highest BCUT2D eigenvalue weighted by Gasteiger charge is 2.02. The Bertz CT molecular complexity index is 605. The Balaban J connectivity index is 2.28. The highest BCUT2D eigenvalue weighted by atomic mass is 15.1. The molecular weight excluding hydrogens is 272 g/mol. The van der Waals surface area contributed by atoms with E-state index < -0.39 is 0 Å². The van der Waals surface area contributed by atoms with Gasteiger partial charge in [-0.25, -0.2) is 0 Å². The minimum absolute atomic E-state index is 0.639. The Morgan fingerprint density at radius 1 is 0.727 bits per heavy atom. The highest BCUT2D eigenvalue weighted by molar-refractivity contribution is 5.51. The molecule has 0 bridgehead atoms. The van der Waals surface area contributed by atoms with Gasteiger partial charge in [0.25, 0.3) is 0 Å². The maximum atomic E-state index is 5.61. The van der Waals surface area contributed by atoms with Gasteiger partial charge >= 0.3 is 0 Å².